The molecule has 3 heterocycles. The quantitative estimate of drug-likeness (QED) is 0.472. The molecule has 0 spiro atoms. The van der Waals surface area contributed by atoms with Crippen LogP contribution in [-0.4, -0.2) is 54.0 Å². The normalized spacial score (nSPS) is 20.4. The van der Waals surface area contributed by atoms with Crippen LogP contribution < -0.4 is 15.4 Å². The smallest absolute Gasteiger partial charge is 0.256 e. The van der Waals surface area contributed by atoms with E-state index in [2.05, 4.69) is 29.5 Å². The van der Waals surface area contributed by atoms with Crippen LogP contribution in [0, 0.1) is 13.8 Å². The lowest BCUT2D eigenvalue weighted by Crippen LogP contribution is -2.55. The van der Waals surface area contributed by atoms with E-state index in [0.29, 0.717) is 24.2 Å². The van der Waals surface area contributed by atoms with Gasteiger partial charge in [-0.25, -0.2) is 0 Å². The van der Waals surface area contributed by atoms with Crippen molar-refractivity contribution in [2.24, 2.45) is 0 Å². The molecule has 3 N–H and O–H groups in total. The number of hydrogen-bond donors (Lipinski definition) is 3. The molecule has 1 saturated heterocycles. The van der Waals surface area contributed by atoms with E-state index in [-0.39, 0.29) is 23.9 Å². The number of aromatic amines is 1. The number of aromatic nitrogens is 1. The maximum Gasteiger partial charge on any atom is 0.256 e. The first kappa shape index (κ1) is 23.9. The largest absolute Gasteiger partial charge is 0.497 e. The number of methoxy groups -OCH3 is 1. The Hall–Kier alpha value is -3.84. The van der Waals surface area contributed by atoms with Gasteiger partial charge in [-0.2, -0.15) is 0 Å². The zero-order valence-corrected chi connectivity index (χ0v) is 21.4. The van der Waals surface area contributed by atoms with Crippen LogP contribution in [0.1, 0.15) is 46.7 Å². The van der Waals surface area contributed by atoms with Crippen LogP contribution in [0.25, 0.3) is 22.8 Å². The van der Waals surface area contributed by atoms with Crippen molar-refractivity contribution in [1.82, 2.24) is 15.2 Å². The molecule has 2 aliphatic heterocycles. The summed E-state index contributed by atoms with van der Waals surface area (Å²) in [5, 5.41) is 6.47. The second kappa shape index (κ2) is 9.32. The lowest BCUT2D eigenvalue weighted by atomic mass is 9.94. The summed E-state index contributed by atoms with van der Waals surface area (Å²) in [6.07, 6.45) is 1.87. The van der Waals surface area contributed by atoms with Gasteiger partial charge in [0.15, 0.2) is 0 Å². The standard InChI is InChI=1S/C29H32N4O3/c1-16-14-33(15-17(2)30-16)29(35)26-18(3)25(31-19(26)4)13-23-27-22(7-6-8-24(27)32-28(23)34)20-9-11-21(36-5)12-10-20/h6-13,16-17,30-31H,14-15H2,1-5H3,(H,32,34)/t16-,17-/m0/s1. The maximum absolute atomic E-state index is 13.5. The molecule has 7 heteroatoms. The molecule has 2 atom stereocenters. The molecule has 0 unspecified atom stereocenters. The van der Waals surface area contributed by atoms with Gasteiger partial charge in [-0.15, -0.1) is 0 Å². The Balaban J connectivity index is 1.54. The third-order valence-electron chi connectivity index (χ3n) is 7.05. The average molecular weight is 485 g/mol. The number of carbonyl (C=O) groups is 2. The van der Waals surface area contributed by atoms with E-state index in [9.17, 15) is 9.59 Å². The molecule has 2 aromatic carbocycles. The summed E-state index contributed by atoms with van der Waals surface area (Å²) >= 11 is 0. The van der Waals surface area contributed by atoms with E-state index >= 15 is 0 Å². The Morgan fingerprint density at radius 2 is 1.75 bits per heavy atom. The molecular formula is C29H32N4O3. The van der Waals surface area contributed by atoms with Crippen LogP contribution >= 0.6 is 0 Å². The molecule has 1 aromatic heterocycles. The molecule has 7 nitrogen and oxygen atoms in total. The second-order valence-corrected chi connectivity index (χ2v) is 9.81. The van der Waals surface area contributed by atoms with Gasteiger partial charge in [0.05, 0.1) is 18.2 Å². The van der Waals surface area contributed by atoms with Crippen molar-refractivity contribution in [2.75, 3.05) is 25.5 Å². The van der Waals surface area contributed by atoms with Crippen molar-refractivity contribution in [3.63, 3.8) is 0 Å². The van der Waals surface area contributed by atoms with Gasteiger partial charge < -0.3 is 25.3 Å². The number of amides is 2. The Kier molecular flexibility index (Phi) is 6.18. The van der Waals surface area contributed by atoms with Crippen molar-refractivity contribution in [3.8, 4) is 16.9 Å². The lowest BCUT2D eigenvalue weighted by Gasteiger charge is -2.36. The third kappa shape index (κ3) is 4.20. The van der Waals surface area contributed by atoms with Gasteiger partial charge in [-0.05, 0) is 68.7 Å². The molecule has 2 amide bonds. The zero-order chi connectivity index (χ0) is 25.6. The van der Waals surface area contributed by atoms with Crippen LogP contribution in [0.15, 0.2) is 42.5 Å². The Morgan fingerprint density at radius 1 is 1.06 bits per heavy atom. The molecule has 3 aromatic rings. The van der Waals surface area contributed by atoms with E-state index in [0.717, 1.165) is 45.1 Å². The Bertz CT molecular complexity index is 1360. The van der Waals surface area contributed by atoms with Gasteiger partial charge >= 0.3 is 0 Å². The number of nitrogens with zero attached hydrogens (tertiary/aromatic N) is 1. The molecule has 1 fully saturated rings. The number of rotatable bonds is 4. The van der Waals surface area contributed by atoms with Crippen LogP contribution in [-0.2, 0) is 4.79 Å². The summed E-state index contributed by atoms with van der Waals surface area (Å²) in [6, 6.07) is 14.2. The van der Waals surface area contributed by atoms with Gasteiger partial charge in [0.2, 0.25) is 0 Å². The number of fused-ring (bicyclic) bond motifs is 1. The maximum atomic E-state index is 13.5. The minimum Gasteiger partial charge on any atom is -0.497 e. The highest BCUT2D eigenvalue weighted by Gasteiger charge is 2.31. The van der Waals surface area contributed by atoms with Gasteiger partial charge in [0.1, 0.15) is 5.75 Å². The highest BCUT2D eigenvalue weighted by atomic mass is 16.5. The van der Waals surface area contributed by atoms with Crippen molar-refractivity contribution in [3.05, 3.63) is 70.5 Å². The molecule has 186 valence electrons. The molecule has 36 heavy (non-hydrogen) atoms. The van der Waals surface area contributed by atoms with E-state index in [4.69, 9.17) is 4.74 Å². The zero-order valence-electron chi connectivity index (χ0n) is 21.4. The van der Waals surface area contributed by atoms with Crippen LogP contribution in [0.3, 0.4) is 0 Å². The number of anilines is 1. The van der Waals surface area contributed by atoms with Gasteiger partial charge in [-0.3, -0.25) is 9.59 Å². The molecule has 5 rings (SSSR count). The van der Waals surface area contributed by atoms with E-state index in [1.165, 1.54) is 0 Å². The number of ether oxygens (including phenoxy) is 1. The minimum absolute atomic E-state index is 0.0290. The summed E-state index contributed by atoms with van der Waals surface area (Å²) in [5.41, 5.74) is 7.28. The lowest BCUT2D eigenvalue weighted by molar-refractivity contribution is -0.110. The van der Waals surface area contributed by atoms with Crippen LogP contribution in [0.5, 0.6) is 5.75 Å². The average Bonchev–Trinajstić information content (AvgIpc) is 3.32. The first-order valence-electron chi connectivity index (χ1n) is 12.3. The van der Waals surface area contributed by atoms with Crippen LogP contribution in [0.4, 0.5) is 5.69 Å². The molecule has 0 bridgehead atoms. The first-order valence-corrected chi connectivity index (χ1v) is 12.3. The van der Waals surface area contributed by atoms with Gasteiger partial charge in [0, 0.05) is 47.8 Å². The van der Waals surface area contributed by atoms with Gasteiger partial charge in [-0.1, -0.05) is 24.3 Å². The molecule has 0 saturated carbocycles. The summed E-state index contributed by atoms with van der Waals surface area (Å²) in [4.78, 5) is 31.9. The number of nitrogens with one attached hydrogen (secondary N) is 3. The number of aryl methyl sites for hydroxylation is 1. The topological polar surface area (TPSA) is 86.5 Å². The molecular weight excluding hydrogens is 452 g/mol. The summed E-state index contributed by atoms with van der Waals surface area (Å²) in [7, 11) is 1.64. The number of piperazine rings is 1. The van der Waals surface area contributed by atoms with Crippen molar-refractivity contribution in [2.45, 2.75) is 39.8 Å². The molecule has 0 radical (unpaired) electrons. The first-order chi connectivity index (χ1) is 17.3. The Labute approximate surface area is 211 Å². The van der Waals surface area contributed by atoms with Crippen molar-refractivity contribution >= 4 is 29.2 Å². The predicted octanol–water partition coefficient (Wildman–Crippen LogP) is 4.62. The van der Waals surface area contributed by atoms with E-state index in [1.807, 2.05) is 67.3 Å². The summed E-state index contributed by atoms with van der Waals surface area (Å²) in [5.74, 6) is 0.649. The number of H-pyrrole nitrogens is 1. The predicted molar refractivity (Wildman–Crippen MR) is 143 cm³/mol. The van der Waals surface area contributed by atoms with Crippen molar-refractivity contribution in [1.29, 1.82) is 0 Å². The SMILES string of the molecule is COc1ccc(-c2cccc3c2C(=Cc2[nH]c(C)c(C(=O)N4C[C@H](C)N[C@@H](C)C4)c2C)C(=O)N3)cc1. The number of hydrogen-bond acceptors (Lipinski definition) is 4. The fourth-order valence-electron chi connectivity index (χ4n) is 5.43. The highest BCUT2D eigenvalue weighted by Crippen LogP contribution is 2.41. The van der Waals surface area contributed by atoms with E-state index < -0.39 is 0 Å². The minimum atomic E-state index is -0.157. The van der Waals surface area contributed by atoms with E-state index in [1.54, 1.807) is 7.11 Å². The second-order valence-electron chi connectivity index (χ2n) is 9.81. The Morgan fingerprint density at radius 3 is 2.42 bits per heavy atom. The fourth-order valence-corrected chi connectivity index (χ4v) is 5.43. The third-order valence-corrected chi connectivity index (χ3v) is 7.05. The van der Waals surface area contributed by atoms with Gasteiger partial charge in [0.25, 0.3) is 11.8 Å². The van der Waals surface area contributed by atoms with Crippen molar-refractivity contribution < 1.29 is 14.3 Å². The number of carbonyl (C=O) groups excluding carboxylic acids is 2. The number of benzene rings is 2. The fraction of sp³-hybridized carbons (Fsp3) is 0.310. The van der Waals surface area contributed by atoms with Crippen LogP contribution in [0.2, 0.25) is 0 Å². The summed E-state index contributed by atoms with van der Waals surface area (Å²) < 4.78 is 5.30. The molecule has 0 aliphatic carbocycles. The summed E-state index contributed by atoms with van der Waals surface area (Å²) in [6.45, 7) is 9.40. The monoisotopic (exact) mass is 484 g/mol. The molecule has 2 aliphatic rings. The highest BCUT2D eigenvalue weighted by molar-refractivity contribution is 6.36.